The molecule has 2 rings (SSSR count). The molecule has 0 bridgehead atoms. The minimum atomic E-state index is -1.13. The second kappa shape index (κ2) is 6.13. The number of halogens is 1. The highest BCUT2D eigenvalue weighted by atomic mass is 127. The maximum Gasteiger partial charge on any atom is 0.335 e. The highest BCUT2D eigenvalue weighted by molar-refractivity contribution is 14.1. The topological polar surface area (TPSA) is 86.6 Å². The molecule has 0 radical (unpaired) electrons. The molecule has 1 amide bonds. The van der Waals surface area contributed by atoms with Crippen molar-refractivity contribution in [3.63, 3.8) is 0 Å². The summed E-state index contributed by atoms with van der Waals surface area (Å²) in [6, 6.07) is 9.05. The zero-order chi connectivity index (χ0) is 15.6. The number of carboxylic acids is 1. The molecular weight excluding hydrogens is 385 g/mol. The lowest BCUT2D eigenvalue weighted by Gasteiger charge is -2.10. The van der Waals surface area contributed by atoms with Gasteiger partial charge >= 0.3 is 5.97 Å². The van der Waals surface area contributed by atoms with Gasteiger partial charge in [0.25, 0.3) is 5.91 Å². The lowest BCUT2D eigenvalue weighted by atomic mass is 10.1. The van der Waals surface area contributed by atoms with E-state index >= 15 is 0 Å². The molecule has 0 fully saturated rings. The van der Waals surface area contributed by atoms with E-state index in [-0.39, 0.29) is 17.0 Å². The van der Waals surface area contributed by atoms with Gasteiger partial charge in [0, 0.05) is 3.57 Å². The monoisotopic (exact) mass is 397 g/mol. The highest BCUT2D eigenvalue weighted by Crippen LogP contribution is 2.26. The molecule has 0 aliphatic rings. The van der Waals surface area contributed by atoms with Crippen LogP contribution in [0.25, 0.3) is 0 Å². The first-order valence-corrected chi connectivity index (χ1v) is 7.11. The van der Waals surface area contributed by atoms with Gasteiger partial charge in [-0.2, -0.15) is 0 Å². The summed E-state index contributed by atoms with van der Waals surface area (Å²) in [5.41, 5.74) is 1.49. The van der Waals surface area contributed by atoms with Gasteiger partial charge in [-0.25, -0.2) is 4.79 Å². The number of hydrogen-bond acceptors (Lipinski definition) is 3. The van der Waals surface area contributed by atoms with E-state index < -0.39 is 11.9 Å². The Balaban J connectivity index is 2.33. The normalized spacial score (nSPS) is 10.2. The third-order valence-electron chi connectivity index (χ3n) is 2.93. The number of benzene rings is 2. The average molecular weight is 397 g/mol. The summed E-state index contributed by atoms with van der Waals surface area (Å²) in [4.78, 5) is 23.2. The minimum Gasteiger partial charge on any atom is -0.506 e. The summed E-state index contributed by atoms with van der Waals surface area (Å²) in [6.07, 6.45) is 0. The summed E-state index contributed by atoms with van der Waals surface area (Å²) in [6.45, 7) is 1.89. The molecular formula is C15H12INO4. The number of nitrogens with one attached hydrogen (secondary N) is 1. The van der Waals surface area contributed by atoms with E-state index in [1.54, 1.807) is 12.1 Å². The van der Waals surface area contributed by atoms with Crippen molar-refractivity contribution in [2.75, 3.05) is 5.32 Å². The van der Waals surface area contributed by atoms with Crippen molar-refractivity contribution in [2.45, 2.75) is 6.92 Å². The summed E-state index contributed by atoms with van der Waals surface area (Å²) in [5, 5.41) is 21.2. The van der Waals surface area contributed by atoms with Gasteiger partial charge in [-0.15, -0.1) is 0 Å². The van der Waals surface area contributed by atoms with Crippen LogP contribution in [-0.4, -0.2) is 22.1 Å². The van der Waals surface area contributed by atoms with Crippen molar-refractivity contribution in [3.05, 3.63) is 56.7 Å². The Hall–Kier alpha value is -2.09. The third kappa shape index (κ3) is 3.33. The predicted molar refractivity (Wildman–Crippen MR) is 86.9 cm³/mol. The first kappa shape index (κ1) is 15.3. The molecule has 0 saturated heterocycles. The average Bonchev–Trinajstić information content (AvgIpc) is 2.43. The summed E-state index contributed by atoms with van der Waals surface area (Å²) < 4.78 is 0.807. The van der Waals surface area contributed by atoms with Gasteiger partial charge < -0.3 is 15.5 Å². The number of anilines is 1. The van der Waals surface area contributed by atoms with Gasteiger partial charge in [0.1, 0.15) is 5.75 Å². The molecule has 3 N–H and O–H groups in total. The van der Waals surface area contributed by atoms with Gasteiger partial charge in [-0.05, 0) is 59.3 Å². The van der Waals surface area contributed by atoms with Gasteiger partial charge in [-0.1, -0.05) is 12.1 Å². The Labute approximate surface area is 134 Å². The van der Waals surface area contributed by atoms with E-state index in [0.29, 0.717) is 5.56 Å². The lowest BCUT2D eigenvalue weighted by molar-refractivity contribution is 0.0696. The van der Waals surface area contributed by atoms with Crippen LogP contribution in [0.3, 0.4) is 0 Å². The number of phenolic OH excluding ortho intramolecular Hbond substituents is 1. The van der Waals surface area contributed by atoms with Crippen LogP contribution in [0.15, 0.2) is 36.4 Å². The zero-order valence-corrected chi connectivity index (χ0v) is 13.2. The largest absolute Gasteiger partial charge is 0.506 e. The Morgan fingerprint density at radius 2 is 1.90 bits per heavy atom. The fraction of sp³-hybridized carbons (Fsp3) is 0.0667. The van der Waals surface area contributed by atoms with E-state index in [9.17, 15) is 14.7 Å². The first-order valence-electron chi connectivity index (χ1n) is 6.03. The van der Waals surface area contributed by atoms with Crippen LogP contribution in [0.4, 0.5) is 5.69 Å². The molecule has 108 valence electrons. The smallest absolute Gasteiger partial charge is 0.335 e. The number of phenols is 1. The fourth-order valence-electron chi connectivity index (χ4n) is 1.78. The van der Waals surface area contributed by atoms with Crippen molar-refractivity contribution < 1.29 is 19.8 Å². The van der Waals surface area contributed by atoms with Crippen LogP contribution in [0.2, 0.25) is 0 Å². The Kier molecular flexibility index (Phi) is 4.46. The molecule has 0 saturated carbocycles. The molecule has 0 spiro atoms. The number of aromatic carboxylic acids is 1. The molecule has 0 aliphatic carbocycles. The van der Waals surface area contributed by atoms with Crippen LogP contribution in [-0.2, 0) is 0 Å². The van der Waals surface area contributed by atoms with E-state index in [2.05, 4.69) is 27.9 Å². The Bertz CT molecular complexity index is 728. The summed E-state index contributed by atoms with van der Waals surface area (Å²) in [7, 11) is 0. The molecule has 0 atom stereocenters. The maximum atomic E-state index is 12.2. The molecule has 2 aromatic rings. The molecule has 6 heteroatoms. The Morgan fingerprint density at radius 1 is 1.19 bits per heavy atom. The SMILES string of the molecule is Cc1cccc(C(=O)Nc2cc(C(=O)O)ccc2O)c1I. The van der Waals surface area contributed by atoms with E-state index in [4.69, 9.17) is 5.11 Å². The van der Waals surface area contributed by atoms with Crippen LogP contribution in [0.5, 0.6) is 5.75 Å². The molecule has 0 heterocycles. The molecule has 2 aromatic carbocycles. The molecule has 0 unspecified atom stereocenters. The second-order valence-corrected chi connectivity index (χ2v) is 5.51. The Morgan fingerprint density at radius 3 is 2.57 bits per heavy atom. The number of carbonyl (C=O) groups is 2. The third-order valence-corrected chi connectivity index (χ3v) is 4.36. The van der Waals surface area contributed by atoms with Crippen LogP contribution in [0.1, 0.15) is 26.3 Å². The zero-order valence-electron chi connectivity index (χ0n) is 11.1. The maximum absolute atomic E-state index is 12.2. The van der Waals surface area contributed by atoms with E-state index in [1.807, 2.05) is 13.0 Å². The van der Waals surface area contributed by atoms with Gasteiger partial charge in [0.2, 0.25) is 0 Å². The standard InChI is InChI=1S/C15H12INO4/c1-8-3-2-4-10(13(8)16)14(19)17-11-7-9(15(20)21)5-6-12(11)18/h2-7,18H,1H3,(H,17,19)(H,20,21). The number of carboxylic acid groups (broad SMARTS) is 1. The molecule has 5 nitrogen and oxygen atoms in total. The number of aromatic hydroxyl groups is 1. The second-order valence-electron chi connectivity index (χ2n) is 4.43. The van der Waals surface area contributed by atoms with Crippen molar-refractivity contribution >= 4 is 40.2 Å². The predicted octanol–water partition coefficient (Wildman–Crippen LogP) is 3.26. The summed E-state index contributed by atoms with van der Waals surface area (Å²) in [5.74, 6) is -1.72. The van der Waals surface area contributed by atoms with Crippen molar-refractivity contribution in [2.24, 2.45) is 0 Å². The first-order chi connectivity index (χ1) is 9.90. The quantitative estimate of drug-likeness (QED) is 0.548. The van der Waals surface area contributed by atoms with Crippen molar-refractivity contribution in [3.8, 4) is 5.75 Å². The number of amides is 1. The number of aryl methyl sites for hydroxylation is 1. The van der Waals surface area contributed by atoms with Crippen molar-refractivity contribution in [1.29, 1.82) is 0 Å². The highest BCUT2D eigenvalue weighted by Gasteiger charge is 2.14. The molecule has 21 heavy (non-hydrogen) atoms. The fourth-order valence-corrected chi connectivity index (χ4v) is 2.39. The van der Waals surface area contributed by atoms with Crippen LogP contribution in [0, 0.1) is 10.5 Å². The van der Waals surface area contributed by atoms with Crippen molar-refractivity contribution in [1.82, 2.24) is 0 Å². The van der Waals surface area contributed by atoms with E-state index in [1.165, 1.54) is 18.2 Å². The van der Waals surface area contributed by atoms with Crippen LogP contribution < -0.4 is 5.32 Å². The number of carbonyl (C=O) groups excluding carboxylic acids is 1. The van der Waals surface area contributed by atoms with Gasteiger partial charge in [-0.3, -0.25) is 4.79 Å². The number of rotatable bonds is 3. The summed E-state index contributed by atoms with van der Waals surface area (Å²) >= 11 is 2.07. The van der Waals surface area contributed by atoms with Gasteiger partial charge in [0.15, 0.2) is 0 Å². The minimum absolute atomic E-state index is 0.0120. The van der Waals surface area contributed by atoms with E-state index in [0.717, 1.165) is 9.13 Å². The molecule has 0 aromatic heterocycles. The number of hydrogen-bond donors (Lipinski definition) is 3. The lowest BCUT2D eigenvalue weighted by Crippen LogP contribution is -2.14. The van der Waals surface area contributed by atoms with Crippen LogP contribution >= 0.6 is 22.6 Å². The molecule has 0 aliphatic heterocycles. The van der Waals surface area contributed by atoms with Gasteiger partial charge in [0.05, 0.1) is 16.8 Å².